The number of furan rings is 1. The SMILES string of the molecule is c1ccc(-n2c3cccc(-c4nc(-c5ccc6ccccc6c5)nc(-c5cccc6oc7ccccc7c56)n4)c3c3c4cccc5c4n(c32)-c2ccccc2S5)cc1. The van der Waals surface area contributed by atoms with Crippen molar-refractivity contribution in [2.45, 2.75) is 9.79 Å². The van der Waals surface area contributed by atoms with Crippen molar-refractivity contribution in [2.75, 3.05) is 0 Å². The zero-order valence-corrected chi connectivity index (χ0v) is 31.6. The number of hydrogen-bond acceptors (Lipinski definition) is 5. The van der Waals surface area contributed by atoms with Crippen LogP contribution < -0.4 is 0 Å². The number of para-hydroxylation sites is 4. The van der Waals surface area contributed by atoms with E-state index in [0.29, 0.717) is 17.5 Å². The Labute approximate surface area is 335 Å². The number of hydrogen-bond donors (Lipinski definition) is 0. The highest BCUT2D eigenvalue weighted by molar-refractivity contribution is 7.99. The number of aromatic nitrogens is 5. The fraction of sp³-hybridized carbons (Fsp3) is 0. The number of benzene rings is 8. The van der Waals surface area contributed by atoms with Crippen LogP contribution in [0.4, 0.5) is 0 Å². The summed E-state index contributed by atoms with van der Waals surface area (Å²) in [4.78, 5) is 18.5. The molecule has 0 amide bonds. The molecule has 12 aromatic rings. The van der Waals surface area contributed by atoms with Crippen molar-refractivity contribution < 1.29 is 4.42 Å². The molecular weight excluding hydrogens is 731 g/mol. The van der Waals surface area contributed by atoms with Crippen LogP contribution in [-0.2, 0) is 0 Å². The van der Waals surface area contributed by atoms with Gasteiger partial charge in [-0.1, -0.05) is 133 Å². The van der Waals surface area contributed by atoms with Crippen LogP contribution in [0.1, 0.15) is 0 Å². The molecule has 5 heterocycles. The molecule has 13 rings (SSSR count). The maximum Gasteiger partial charge on any atom is 0.164 e. The van der Waals surface area contributed by atoms with Gasteiger partial charge in [-0.2, -0.15) is 0 Å². The van der Waals surface area contributed by atoms with Crippen molar-refractivity contribution in [2.24, 2.45) is 0 Å². The van der Waals surface area contributed by atoms with Gasteiger partial charge in [-0.3, -0.25) is 9.13 Å². The first-order valence-electron chi connectivity index (χ1n) is 19.4. The van der Waals surface area contributed by atoms with E-state index < -0.39 is 0 Å². The van der Waals surface area contributed by atoms with E-state index in [2.05, 4.69) is 155 Å². The maximum atomic E-state index is 6.36. The van der Waals surface area contributed by atoms with Crippen molar-refractivity contribution in [3.8, 4) is 45.5 Å². The van der Waals surface area contributed by atoms with E-state index >= 15 is 0 Å². The summed E-state index contributed by atoms with van der Waals surface area (Å²) >= 11 is 1.83. The highest BCUT2D eigenvalue weighted by Crippen LogP contribution is 2.51. The molecule has 0 saturated heterocycles. The molecule has 7 heteroatoms. The van der Waals surface area contributed by atoms with Crippen LogP contribution >= 0.6 is 11.8 Å². The molecule has 0 atom stereocenters. The molecule has 4 aromatic heterocycles. The molecule has 0 bridgehead atoms. The van der Waals surface area contributed by atoms with Gasteiger partial charge in [0, 0.05) is 59.1 Å². The summed E-state index contributed by atoms with van der Waals surface area (Å²) in [5.41, 5.74) is 10.1. The lowest BCUT2D eigenvalue weighted by Gasteiger charge is -2.21. The monoisotopic (exact) mass is 759 g/mol. The van der Waals surface area contributed by atoms with E-state index in [0.717, 1.165) is 71.6 Å². The summed E-state index contributed by atoms with van der Waals surface area (Å²) in [6.07, 6.45) is 0. The highest BCUT2D eigenvalue weighted by atomic mass is 32.2. The van der Waals surface area contributed by atoms with Gasteiger partial charge in [-0.25, -0.2) is 15.0 Å². The standard InChI is InChI=1S/C51H29N5OS/c1-2-15-33(16-3-1)55-39-22-10-19-37(45(39)46-35-18-12-26-43-47(35)56(51(46)55)38-21-7-9-25-42(38)58-43)50-53-48(32-28-27-30-13-4-5-14-31(30)29-32)52-49(54-50)36-20-11-24-41-44(36)34-17-6-8-23-40(34)57-41/h1-29H. The van der Waals surface area contributed by atoms with Gasteiger partial charge >= 0.3 is 0 Å². The zero-order valence-electron chi connectivity index (χ0n) is 30.8. The quantitative estimate of drug-likeness (QED) is 0.179. The van der Waals surface area contributed by atoms with Crippen molar-refractivity contribution in [1.29, 1.82) is 0 Å². The predicted octanol–water partition coefficient (Wildman–Crippen LogP) is 13.4. The molecule has 0 fully saturated rings. The highest BCUT2D eigenvalue weighted by Gasteiger charge is 2.29. The Morgan fingerprint density at radius 2 is 1.12 bits per heavy atom. The van der Waals surface area contributed by atoms with Gasteiger partial charge in [0.1, 0.15) is 16.8 Å². The van der Waals surface area contributed by atoms with Gasteiger partial charge in [-0.05, 0) is 65.4 Å². The van der Waals surface area contributed by atoms with Crippen LogP contribution in [0.15, 0.2) is 190 Å². The van der Waals surface area contributed by atoms with Crippen molar-refractivity contribution in [3.05, 3.63) is 176 Å². The molecule has 8 aromatic carbocycles. The van der Waals surface area contributed by atoms with Crippen LogP contribution in [0.2, 0.25) is 0 Å². The van der Waals surface area contributed by atoms with E-state index in [4.69, 9.17) is 19.4 Å². The lowest BCUT2D eigenvalue weighted by molar-refractivity contribution is 0.669. The van der Waals surface area contributed by atoms with Gasteiger partial charge in [0.05, 0.1) is 16.7 Å². The second-order valence-electron chi connectivity index (χ2n) is 14.8. The zero-order chi connectivity index (χ0) is 37.9. The Bertz CT molecular complexity index is 3670. The molecule has 6 nitrogen and oxygen atoms in total. The molecule has 0 spiro atoms. The van der Waals surface area contributed by atoms with Crippen molar-refractivity contribution in [1.82, 2.24) is 24.1 Å². The Morgan fingerprint density at radius 3 is 2.02 bits per heavy atom. The van der Waals surface area contributed by atoms with Crippen molar-refractivity contribution in [3.63, 3.8) is 0 Å². The van der Waals surface area contributed by atoms with Gasteiger partial charge in [0.25, 0.3) is 0 Å². The number of rotatable bonds is 4. The molecule has 270 valence electrons. The summed E-state index contributed by atoms with van der Waals surface area (Å²) < 4.78 is 11.2. The normalized spacial score (nSPS) is 12.4. The predicted molar refractivity (Wildman–Crippen MR) is 236 cm³/mol. The smallest absolute Gasteiger partial charge is 0.164 e. The second kappa shape index (κ2) is 12.0. The third-order valence-corrected chi connectivity index (χ3v) is 12.7. The first-order chi connectivity index (χ1) is 28.8. The first kappa shape index (κ1) is 31.7. The lowest BCUT2D eigenvalue weighted by atomic mass is 10.0. The summed E-state index contributed by atoms with van der Waals surface area (Å²) in [6, 6.07) is 61.8. The van der Waals surface area contributed by atoms with E-state index in [1.807, 2.05) is 42.1 Å². The molecule has 58 heavy (non-hydrogen) atoms. The van der Waals surface area contributed by atoms with Crippen LogP contribution in [-0.4, -0.2) is 24.1 Å². The maximum absolute atomic E-state index is 6.36. The Balaban J connectivity index is 1.17. The summed E-state index contributed by atoms with van der Waals surface area (Å²) in [6.45, 7) is 0. The second-order valence-corrected chi connectivity index (χ2v) is 15.9. The van der Waals surface area contributed by atoms with Gasteiger partial charge in [0.15, 0.2) is 17.5 Å². The van der Waals surface area contributed by atoms with Gasteiger partial charge in [0.2, 0.25) is 0 Å². The van der Waals surface area contributed by atoms with Crippen LogP contribution in [0, 0.1) is 0 Å². The third kappa shape index (κ3) is 4.47. The minimum absolute atomic E-state index is 0.592. The summed E-state index contributed by atoms with van der Waals surface area (Å²) in [5.74, 6) is 1.81. The molecular formula is C51H29N5OS. The van der Waals surface area contributed by atoms with E-state index in [9.17, 15) is 0 Å². The lowest BCUT2D eigenvalue weighted by Crippen LogP contribution is -2.05. The van der Waals surface area contributed by atoms with Crippen LogP contribution in [0.3, 0.4) is 0 Å². The topological polar surface area (TPSA) is 61.7 Å². The fourth-order valence-electron chi connectivity index (χ4n) is 9.08. The van der Waals surface area contributed by atoms with Gasteiger partial charge in [-0.15, -0.1) is 0 Å². The van der Waals surface area contributed by atoms with E-state index in [-0.39, 0.29) is 0 Å². The van der Waals surface area contributed by atoms with Gasteiger partial charge < -0.3 is 4.42 Å². The fourth-order valence-corrected chi connectivity index (χ4v) is 10.2. The summed E-state index contributed by atoms with van der Waals surface area (Å²) in [7, 11) is 0. The summed E-state index contributed by atoms with van der Waals surface area (Å²) in [5, 5.41) is 7.76. The van der Waals surface area contributed by atoms with E-state index in [1.54, 1.807) is 0 Å². The minimum Gasteiger partial charge on any atom is -0.456 e. The molecule has 0 N–H and O–H groups in total. The third-order valence-electron chi connectivity index (χ3n) is 11.5. The Hall–Kier alpha value is -7.48. The average molecular weight is 760 g/mol. The molecule has 0 radical (unpaired) electrons. The van der Waals surface area contributed by atoms with E-state index in [1.165, 1.54) is 31.8 Å². The number of fused-ring (bicyclic) bond motifs is 11. The largest absolute Gasteiger partial charge is 0.456 e. The molecule has 1 aliphatic heterocycles. The van der Waals surface area contributed by atoms with Crippen LogP contribution in [0.5, 0.6) is 0 Å². The minimum atomic E-state index is 0.592. The first-order valence-corrected chi connectivity index (χ1v) is 20.2. The Kier molecular flexibility index (Phi) is 6.56. The number of nitrogens with zero attached hydrogens (tertiary/aromatic N) is 5. The molecule has 0 unspecified atom stereocenters. The van der Waals surface area contributed by atoms with Crippen LogP contribution in [0.25, 0.3) is 111 Å². The average Bonchev–Trinajstić information content (AvgIpc) is 3.95. The Morgan fingerprint density at radius 1 is 0.448 bits per heavy atom. The molecule has 0 saturated carbocycles. The van der Waals surface area contributed by atoms with Crippen molar-refractivity contribution >= 4 is 77.3 Å². The molecule has 0 aliphatic carbocycles. The molecule has 1 aliphatic rings.